The predicted molar refractivity (Wildman–Crippen MR) is 107 cm³/mol. The maximum Gasteiger partial charge on any atom is 0.337 e. The summed E-state index contributed by atoms with van der Waals surface area (Å²) < 4.78 is 10.3. The average molecular weight is 402 g/mol. The molecule has 8 heteroatoms. The SMILES string of the molecule is COC(=O)c1ccc(-c2ccc(C=C(C#N)C(=O)c3cccc([N+](=O)[O-])c3)o2)cc1. The van der Waals surface area contributed by atoms with Crippen LogP contribution in [0.3, 0.4) is 0 Å². The molecule has 0 aliphatic heterocycles. The van der Waals surface area contributed by atoms with Crippen molar-refractivity contribution in [3.63, 3.8) is 0 Å². The minimum Gasteiger partial charge on any atom is -0.465 e. The molecule has 148 valence electrons. The molecule has 0 atom stereocenters. The van der Waals surface area contributed by atoms with E-state index in [0.29, 0.717) is 16.9 Å². The van der Waals surface area contributed by atoms with Crippen LogP contribution in [0, 0.1) is 21.4 Å². The molecule has 0 radical (unpaired) electrons. The fraction of sp³-hybridized carbons (Fsp3) is 0.0455. The van der Waals surface area contributed by atoms with Gasteiger partial charge in [-0.15, -0.1) is 0 Å². The highest BCUT2D eigenvalue weighted by molar-refractivity contribution is 6.14. The summed E-state index contributed by atoms with van der Waals surface area (Å²) in [5.74, 6) is -0.375. The first-order valence-corrected chi connectivity index (χ1v) is 8.62. The van der Waals surface area contributed by atoms with E-state index >= 15 is 0 Å². The van der Waals surface area contributed by atoms with Crippen LogP contribution < -0.4 is 0 Å². The van der Waals surface area contributed by atoms with Crippen LogP contribution in [0.4, 0.5) is 5.69 Å². The highest BCUT2D eigenvalue weighted by atomic mass is 16.6. The number of allylic oxidation sites excluding steroid dienone is 1. The number of carbonyl (C=O) groups excluding carboxylic acids is 2. The molecule has 3 rings (SSSR count). The lowest BCUT2D eigenvalue weighted by atomic mass is 10.0. The third kappa shape index (κ3) is 4.31. The van der Waals surface area contributed by atoms with Crippen LogP contribution >= 0.6 is 0 Å². The van der Waals surface area contributed by atoms with E-state index in [1.165, 1.54) is 31.4 Å². The van der Waals surface area contributed by atoms with Crippen LogP contribution in [-0.4, -0.2) is 23.8 Å². The molecule has 0 aliphatic rings. The summed E-state index contributed by atoms with van der Waals surface area (Å²) in [5, 5.41) is 20.3. The number of rotatable bonds is 6. The number of nitro benzene ring substituents is 1. The second-order valence-electron chi connectivity index (χ2n) is 6.08. The molecule has 0 saturated heterocycles. The van der Waals surface area contributed by atoms with Crippen LogP contribution in [0.5, 0.6) is 0 Å². The smallest absolute Gasteiger partial charge is 0.337 e. The number of esters is 1. The summed E-state index contributed by atoms with van der Waals surface area (Å²) in [7, 11) is 1.29. The third-order valence-corrected chi connectivity index (χ3v) is 4.19. The van der Waals surface area contributed by atoms with Gasteiger partial charge in [0, 0.05) is 29.3 Å². The van der Waals surface area contributed by atoms with E-state index in [1.807, 2.05) is 0 Å². The Morgan fingerprint density at radius 3 is 2.47 bits per heavy atom. The lowest BCUT2D eigenvalue weighted by Gasteiger charge is -2.01. The second-order valence-corrected chi connectivity index (χ2v) is 6.08. The minimum atomic E-state index is -0.651. The fourth-order valence-electron chi connectivity index (χ4n) is 2.68. The van der Waals surface area contributed by atoms with E-state index < -0.39 is 16.7 Å². The number of carbonyl (C=O) groups is 2. The number of methoxy groups -OCH3 is 1. The number of nitrogens with zero attached hydrogens (tertiary/aromatic N) is 2. The number of furan rings is 1. The molecule has 30 heavy (non-hydrogen) atoms. The van der Waals surface area contributed by atoms with Gasteiger partial charge in [-0.25, -0.2) is 4.79 Å². The van der Waals surface area contributed by atoms with Gasteiger partial charge in [0.25, 0.3) is 5.69 Å². The Kier molecular flexibility index (Phi) is 5.84. The summed E-state index contributed by atoms with van der Waals surface area (Å²) in [4.78, 5) is 34.3. The quantitative estimate of drug-likeness (QED) is 0.149. The topological polar surface area (TPSA) is 123 Å². The van der Waals surface area contributed by atoms with Crippen molar-refractivity contribution in [3.8, 4) is 17.4 Å². The van der Waals surface area contributed by atoms with E-state index in [9.17, 15) is 25.0 Å². The zero-order chi connectivity index (χ0) is 21.7. The highest BCUT2D eigenvalue weighted by Crippen LogP contribution is 2.25. The first kappa shape index (κ1) is 20.2. The van der Waals surface area contributed by atoms with Crippen molar-refractivity contribution < 1.29 is 23.7 Å². The van der Waals surface area contributed by atoms with Crippen LogP contribution in [0.2, 0.25) is 0 Å². The summed E-state index contributed by atoms with van der Waals surface area (Å²) in [5.41, 5.74) is 0.640. The molecular weight excluding hydrogens is 388 g/mol. The van der Waals surface area contributed by atoms with Crippen molar-refractivity contribution in [3.05, 3.63) is 93.2 Å². The number of hydrogen-bond acceptors (Lipinski definition) is 7. The van der Waals surface area contributed by atoms with E-state index in [4.69, 9.17) is 4.42 Å². The summed E-state index contributed by atoms with van der Waals surface area (Å²) in [6.45, 7) is 0. The molecule has 0 fully saturated rings. The Labute approximate surface area is 170 Å². The fourth-order valence-corrected chi connectivity index (χ4v) is 2.68. The maximum atomic E-state index is 12.6. The number of benzene rings is 2. The average Bonchev–Trinajstić information content (AvgIpc) is 3.25. The lowest BCUT2D eigenvalue weighted by molar-refractivity contribution is -0.384. The van der Waals surface area contributed by atoms with E-state index in [1.54, 1.807) is 42.5 Å². The van der Waals surface area contributed by atoms with Crippen molar-refractivity contribution in [2.24, 2.45) is 0 Å². The van der Waals surface area contributed by atoms with Gasteiger partial charge in [0.1, 0.15) is 23.2 Å². The summed E-state index contributed by atoms with van der Waals surface area (Å²) >= 11 is 0. The normalized spacial score (nSPS) is 10.9. The molecule has 3 aromatic rings. The van der Waals surface area contributed by atoms with Crippen molar-refractivity contribution in [1.29, 1.82) is 5.26 Å². The molecule has 0 aliphatic carbocycles. The van der Waals surface area contributed by atoms with Gasteiger partial charge in [-0.1, -0.05) is 24.3 Å². The van der Waals surface area contributed by atoms with Crippen LogP contribution in [0.15, 0.2) is 70.7 Å². The number of hydrogen-bond donors (Lipinski definition) is 0. The van der Waals surface area contributed by atoms with Crippen LogP contribution in [0.25, 0.3) is 17.4 Å². The third-order valence-electron chi connectivity index (χ3n) is 4.19. The van der Waals surface area contributed by atoms with Gasteiger partial charge in [0.15, 0.2) is 0 Å². The number of nitro groups is 1. The largest absolute Gasteiger partial charge is 0.465 e. The van der Waals surface area contributed by atoms with Gasteiger partial charge in [0.05, 0.1) is 17.6 Å². The first-order chi connectivity index (χ1) is 14.4. The van der Waals surface area contributed by atoms with Gasteiger partial charge in [-0.2, -0.15) is 5.26 Å². The molecule has 1 aromatic heterocycles. The van der Waals surface area contributed by atoms with Crippen LogP contribution in [0.1, 0.15) is 26.5 Å². The maximum absolute atomic E-state index is 12.6. The Bertz CT molecular complexity index is 1200. The molecule has 8 nitrogen and oxygen atoms in total. The molecular formula is C22H14N2O6. The van der Waals surface area contributed by atoms with Crippen molar-refractivity contribution in [2.45, 2.75) is 0 Å². The minimum absolute atomic E-state index is 0.0298. The van der Waals surface area contributed by atoms with E-state index in [2.05, 4.69) is 4.74 Å². The molecule has 2 aromatic carbocycles. The molecule has 0 saturated carbocycles. The second kappa shape index (κ2) is 8.67. The van der Waals surface area contributed by atoms with Crippen LogP contribution in [-0.2, 0) is 4.74 Å². The first-order valence-electron chi connectivity index (χ1n) is 8.62. The van der Waals surface area contributed by atoms with Gasteiger partial charge in [-0.05, 0) is 24.3 Å². The molecule has 0 spiro atoms. The summed E-state index contributed by atoms with van der Waals surface area (Å²) in [6, 6.07) is 16.7. The number of non-ortho nitro benzene ring substituents is 1. The zero-order valence-corrected chi connectivity index (χ0v) is 15.7. The van der Waals surface area contributed by atoms with Gasteiger partial charge in [0.2, 0.25) is 5.78 Å². The molecule has 0 bridgehead atoms. The highest BCUT2D eigenvalue weighted by Gasteiger charge is 2.16. The van der Waals surface area contributed by atoms with Gasteiger partial charge < -0.3 is 9.15 Å². The standard InChI is InChI=1S/C22H14N2O6/c1-29-22(26)15-7-5-14(6-8-15)20-10-9-19(30-20)12-17(13-23)21(25)16-3-2-4-18(11-16)24(27)28/h2-12H,1H3. The van der Waals surface area contributed by atoms with E-state index in [0.717, 1.165) is 6.07 Å². The number of ketones is 1. The molecule has 1 heterocycles. The molecule has 0 N–H and O–H groups in total. The van der Waals surface area contributed by atoms with Crippen molar-refractivity contribution in [2.75, 3.05) is 7.11 Å². The lowest BCUT2D eigenvalue weighted by Crippen LogP contribution is -2.02. The Morgan fingerprint density at radius 2 is 1.83 bits per heavy atom. The molecule has 0 unspecified atom stereocenters. The van der Waals surface area contributed by atoms with E-state index in [-0.39, 0.29) is 22.6 Å². The summed E-state index contributed by atoms with van der Waals surface area (Å²) in [6.07, 6.45) is 1.27. The monoisotopic (exact) mass is 402 g/mol. The number of Topliss-reactive ketones (excluding diaryl/α,β-unsaturated/α-hetero) is 1. The number of nitriles is 1. The Balaban J connectivity index is 1.86. The van der Waals surface area contributed by atoms with Crippen molar-refractivity contribution >= 4 is 23.5 Å². The van der Waals surface area contributed by atoms with Gasteiger partial charge >= 0.3 is 5.97 Å². The van der Waals surface area contributed by atoms with Gasteiger partial charge in [-0.3, -0.25) is 14.9 Å². The number of ether oxygens (including phenoxy) is 1. The Hall–Kier alpha value is -4.51. The van der Waals surface area contributed by atoms with Crippen molar-refractivity contribution in [1.82, 2.24) is 0 Å². The zero-order valence-electron chi connectivity index (χ0n) is 15.7. The predicted octanol–water partition coefficient (Wildman–Crippen LogP) is 4.43. The Morgan fingerprint density at radius 1 is 1.10 bits per heavy atom. The molecule has 0 amide bonds.